The van der Waals surface area contributed by atoms with Crippen molar-refractivity contribution in [3.05, 3.63) is 35.9 Å². The van der Waals surface area contributed by atoms with Gasteiger partial charge in [0, 0.05) is 0 Å². The van der Waals surface area contributed by atoms with Gasteiger partial charge in [-0.2, -0.15) is 0 Å². The quantitative estimate of drug-likeness (QED) is 0.256. The summed E-state index contributed by atoms with van der Waals surface area (Å²) in [6.45, 7) is 7.69. The van der Waals surface area contributed by atoms with E-state index in [1.807, 2.05) is 0 Å². The number of hydrogen-bond acceptors (Lipinski definition) is 0. The van der Waals surface area contributed by atoms with E-state index >= 15 is 0 Å². The van der Waals surface area contributed by atoms with Gasteiger partial charge in [0.2, 0.25) is 0 Å². The summed E-state index contributed by atoms with van der Waals surface area (Å²) in [5.74, 6) is 10.6. The van der Waals surface area contributed by atoms with E-state index < -0.39 is 0 Å². The molecule has 5 rings (SSSR count). The monoisotopic (exact) mass is 462 g/mol. The van der Waals surface area contributed by atoms with Gasteiger partial charge in [0.1, 0.15) is 0 Å². The number of unbranched alkanes of at least 4 members (excludes halogenated alkanes) is 7. The summed E-state index contributed by atoms with van der Waals surface area (Å²) in [5, 5.41) is 0. The Labute approximate surface area is 212 Å². The van der Waals surface area contributed by atoms with Crippen molar-refractivity contribution in [2.75, 3.05) is 0 Å². The van der Waals surface area contributed by atoms with Crippen LogP contribution in [0.15, 0.2) is 30.3 Å². The third kappa shape index (κ3) is 5.18. The number of fused-ring (bicyclic) bond motifs is 4. The molecule has 10 atom stereocenters. The summed E-state index contributed by atoms with van der Waals surface area (Å²) in [4.78, 5) is 0. The Kier molecular flexibility index (Phi) is 8.43. The van der Waals surface area contributed by atoms with E-state index in [0.717, 1.165) is 59.2 Å². The summed E-state index contributed by atoms with van der Waals surface area (Å²) in [5.41, 5.74) is 1.56. The molecule has 0 saturated heterocycles. The minimum Gasteiger partial charge on any atom is -0.0654 e. The Morgan fingerprint density at radius 1 is 0.618 bits per heavy atom. The molecule has 0 spiro atoms. The SMILES string of the molecule is CCCCCCCCCCC1C[C@@H]2C[C@@H]1C(C1C(C)[C@H]3C[C@H]1CC3CCc1ccccc1)C2C. The van der Waals surface area contributed by atoms with Crippen molar-refractivity contribution in [2.24, 2.45) is 59.2 Å². The van der Waals surface area contributed by atoms with Crippen molar-refractivity contribution >= 4 is 0 Å². The second-order valence-corrected chi connectivity index (χ2v) is 13.5. The van der Waals surface area contributed by atoms with Crippen LogP contribution in [0.25, 0.3) is 0 Å². The highest BCUT2D eigenvalue weighted by molar-refractivity contribution is 5.15. The molecule has 1 aromatic carbocycles. The molecule has 0 aliphatic heterocycles. The van der Waals surface area contributed by atoms with Gasteiger partial charge in [-0.1, -0.05) is 109 Å². The molecule has 0 nitrogen and oxygen atoms in total. The lowest BCUT2D eigenvalue weighted by Crippen LogP contribution is -2.39. The van der Waals surface area contributed by atoms with Gasteiger partial charge in [0.05, 0.1) is 0 Å². The predicted molar refractivity (Wildman–Crippen MR) is 147 cm³/mol. The molecule has 4 fully saturated rings. The van der Waals surface area contributed by atoms with E-state index in [9.17, 15) is 0 Å². The molecule has 4 aliphatic carbocycles. The molecule has 4 saturated carbocycles. The Hall–Kier alpha value is -0.780. The summed E-state index contributed by atoms with van der Waals surface area (Å²) in [6.07, 6.45) is 22.4. The third-order valence-electron chi connectivity index (χ3n) is 11.8. The first-order valence-electron chi connectivity index (χ1n) is 15.7. The Bertz CT molecular complexity index is 734. The molecule has 0 heteroatoms. The van der Waals surface area contributed by atoms with E-state index in [2.05, 4.69) is 51.1 Å². The van der Waals surface area contributed by atoms with Crippen LogP contribution in [0.1, 0.15) is 116 Å². The highest BCUT2D eigenvalue weighted by Gasteiger charge is 2.59. The van der Waals surface area contributed by atoms with Crippen molar-refractivity contribution in [2.45, 2.75) is 117 Å². The van der Waals surface area contributed by atoms with Gasteiger partial charge in [-0.15, -0.1) is 0 Å². The number of hydrogen-bond donors (Lipinski definition) is 0. The average Bonchev–Trinajstić information content (AvgIpc) is 3.60. The fourth-order valence-electron chi connectivity index (χ4n) is 10.2. The van der Waals surface area contributed by atoms with Crippen LogP contribution in [0.5, 0.6) is 0 Å². The van der Waals surface area contributed by atoms with Gasteiger partial charge >= 0.3 is 0 Å². The van der Waals surface area contributed by atoms with Crippen molar-refractivity contribution < 1.29 is 0 Å². The Balaban J connectivity index is 1.10. The van der Waals surface area contributed by atoms with E-state index in [0.29, 0.717) is 0 Å². The molecule has 6 unspecified atom stereocenters. The van der Waals surface area contributed by atoms with Crippen LogP contribution >= 0.6 is 0 Å². The molecular weight excluding hydrogens is 408 g/mol. The zero-order chi connectivity index (χ0) is 23.5. The first-order chi connectivity index (χ1) is 16.7. The van der Waals surface area contributed by atoms with Crippen LogP contribution in [-0.4, -0.2) is 0 Å². The highest BCUT2D eigenvalue weighted by Crippen LogP contribution is 2.66. The maximum absolute atomic E-state index is 2.69. The normalized spacial score (nSPS) is 40.4. The first-order valence-corrected chi connectivity index (χ1v) is 15.7. The lowest BCUT2D eigenvalue weighted by molar-refractivity contribution is 0.0329. The van der Waals surface area contributed by atoms with Crippen molar-refractivity contribution in [3.8, 4) is 0 Å². The molecule has 1 aromatic rings. The summed E-state index contributed by atoms with van der Waals surface area (Å²) in [7, 11) is 0. The molecule has 0 radical (unpaired) electrons. The minimum atomic E-state index is 0.995. The second-order valence-electron chi connectivity index (χ2n) is 13.5. The fraction of sp³-hybridized carbons (Fsp3) is 0.824. The van der Waals surface area contributed by atoms with E-state index in [-0.39, 0.29) is 0 Å². The van der Waals surface area contributed by atoms with Crippen LogP contribution in [0, 0.1) is 59.2 Å². The van der Waals surface area contributed by atoms with Crippen LogP contribution in [-0.2, 0) is 6.42 Å². The number of aryl methyl sites for hydroxylation is 1. The van der Waals surface area contributed by atoms with Crippen LogP contribution in [0.2, 0.25) is 0 Å². The zero-order valence-electron chi connectivity index (χ0n) is 22.8. The average molecular weight is 463 g/mol. The van der Waals surface area contributed by atoms with Gasteiger partial charge in [-0.25, -0.2) is 0 Å². The number of rotatable bonds is 13. The van der Waals surface area contributed by atoms with Crippen molar-refractivity contribution in [1.82, 2.24) is 0 Å². The predicted octanol–water partition coefficient (Wildman–Crippen LogP) is 9.97. The smallest absolute Gasteiger partial charge is 0.0276 e. The van der Waals surface area contributed by atoms with Crippen molar-refractivity contribution in [1.29, 1.82) is 0 Å². The highest BCUT2D eigenvalue weighted by atomic mass is 14.6. The maximum atomic E-state index is 2.69. The number of benzene rings is 1. The topological polar surface area (TPSA) is 0 Å². The molecule has 4 aliphatic rings. The maximum Gasteiger partial charge on any atom is -0.0276 e. The zero-order valence-corrected chi connectivity index (χ0v) is 22.8. The van der Waals surface area contributed by atoms with Crippen LogP contribution in [0.3, 0.4) is 0 Å². The summed E-state index contributed by atoms with van der Waals surface area (Å²) in [6, 6.07) is 11.3. The van der Waals surface area contributed by atoms with E-state index in [1.54, 1.807) is 37.7 Å². The Morgan fingerprint density at radius 3 is 1.97 bits per heavy atom. The molecule has 34 heavy (non-hydrogen) atoms. The first kappa shape index (κ1) is 24.9. The second kappa shape index (κ2) is 11.5. The minimum absolute atomic E-state index is 0.995. The molecule has 0 heterocycles. The van der Waals surface area contributed by atoms with Crippen molar-refractivity contribution in [3.63, 3.8) is 0 Å². The summed E-state index contributed by atoms with van der Waals surface area (Å²) < 4.78 is 0. The fourth-order valence-corrected chi connectivity index (χ4v) is 10.2. The third-order valence-corrected chi connectivity index (χ3v) is 11.8. The van der Waals surface area contributed by atoms with Gasteiger partial charge in [-0.3, -0.25) is 0 Å². The van der Waals surface area contributed by atoms with Gasteiger partial charge < -0.3 is 0 Å². The van der Waals surface area contributed by atoms with Crippen LogP contribution in [0.4, 0.5) is 0 Å². The van der Waals surface area contributed by atoms with E-state index in [1.165, 1.54) is 64.2 Å². The van der Waals surface area contributed by atoms with Gasteiger partial charge in [-0.05, 0) is 103 Å². The lowest BCUT2D eigenvalue weighted by atomic mass is 9.60. The van der Waals surface area contributed by atoms with Crippen LogP contribution < -0.4 is 0 Å². The Morgan fingerprint density at radius 2 is 1.26 bits per heavy atom. The largest absolute Gasteiger partial charge is 0.0654 e. The lowest BCUT2D eigenvalue weighted by Gasteiger charge is -2.45. The molecule has 4 bridgehead atoms. The molecule has 190 valence electrons. The van der Waals surface area contributed by atoms with Gasteiger partial charge in [0.15, 0.2) is 0 Å². The molecule has 0 N–H and O–H groups in total. The molecular formula is C34H54. The summed E-state index contributed by atoms with van der Waals surface area (Å²) >= 11 is 0. The molecule has 0 aromatic heterocycles. The van der Waals surface area contributed by atoms with E-state index in [4.69, 9.17) is 0 Å². The molecule has 0 amide bonds. The van der Waals surface area contributed by atoms with Gasteiger partial charge in [0.25, 0.3) is 0 Å². The standard InChI is InChI=1S/C34H54/c1-4-5-6-7-8-9-10-14-17-27-20-29-22-32(27)34(24(29)2)33-25(3)31-23-30(33)21-28(31)19-18-26-15-12-11-13-16-26/h11-13,15-16,24-25,27-34H,4-10,14,17-23H2,1-3H3/t24?,25?,27?,28?,29-,30-,31-,32+,33?,34?/m1/s1.